The number of anilines is 2. The van der Waals surface area contributed by atoms with E-state index in [1.807, 2.05) is 23.6 Å². The van der Waals surface area contributed by atoms with E-state index in [9.17, 15) is 0 Å². The van der Waals surface area contributed by atoms with Crippen LogP contribution in [0.5, 0.6) is 11.5 Å². The van der Waals surface area contributed by atoms with Crippen LogP contribution in [-0.2, 0) is 0 Å². The highest BCUT2D eigenvalue weighted by Gasteiger charge is 2.11. The van der Waals surface area contributed by atoms with Crippen LogP contribution in [0.25, 0.3) is 10.2 Å². The van der Waals surface area contributed by atoms with Gasteiger partial charge in [-0.2, -0.15) is 0 Å². The Bertz CT molecular complexity index is 766. The zero-order valence-electron chi connectivity index (χ0n) is 11.4. The molecule has 0 aliphatic carbocycles. The minimum absolute atomic E-state index is 0.687. The zero-order chi connectivity index (χ0) is 14.8. The summed E-state index contributed by atoms with van der Waals surface area (Å²) in [5.41, 5.74) is 0.832. The second-order valence-corrected chi connectivity index (χ2v) is 5.87. The lowest BCUT2D eigenvalue weighted by molar-refractivity contribution is 0.390. The number of rotatable bonds is 4. The number of ether oxygens (including phenoxy) is 2. The molecule has 3 rings (SSSR count). The number of nitrogens with zero attached hydrogens (tertiary/aromatic N) is 2. The molecule has 0 radical (unpaired) electrons. The standard InChI is InChI=1S/C14H12BrN3O2S/c1-19-10-5-8(6-11(20-2)12(10)15)18-13-9-3-4-21-14(9)17-7-16-13/h3-7H,1-2H3,(H,16,17,18). The normalized spacial score (nSPS) is 10.6. The minimum Gasteiger partial charge on any atom is -0.495 e. The maximum Gasteiger partial charge on any atom is 0.142 e. The maximum atomic E-state index is 5.34. The van der Waals surface area contributed by atoms with Crippen LogP contribution in [0.2, 0.25) is 0 Å². The lowest BCUT2D eigenvalue weighted by atomic mass is 10.2. The van der Waals surface area contributed by atoms with Gasteiger partial charge in [0, 0.05) is 17.8 Å². The second-order valence-electron chi connectivity index (χ2n) is 4.18. The average Bonchev–Trinajstić information content (AvgIpc) is 2.98. The van der Waals surface area contributed by atoms with Gasteiger partial charge < -0.3 is 14.8 Å². The summed E-state index contributed by atoms with van der Waals surface area (Å²) in [5.74, 6) is 2.13. The van der Waals surface area contributed by atoms with Crippen molar-refractivity contribution < 1.29 is 9.47 Å². The van der Waals surface area contributed by atoms with E-state index < -0.39 is 0 Å². The van der Waals surface area contributed by atoms with Crippen LogP contribution < -0.4 is 14.8 Å². The Morgan fingerprint density at radius 3 is 2.52 bits per heavy atom. The Hall–Kier alpha value is -1.86. The molecule has 108 valence electrons. The summed E-state index contributed by atoms with van der Waals surface area (Å²) in [5, 5.41) is 6.27. The van der Waals surface area contributed by atoms with Crippen LogP contribution in [0.15, 0.2) is 34.4 Å². The predicted molar refractivity (Wildman–Crippen MR) is 87.9 cm³/mol. The SMILES string of the molecule is COc1cc(Nc2ncnc3sccc23)cc(OC)c1Br. The maximum absolute atomic E-state index is 5.34. The first kappa shape index (κ1) is 14.1. The van der Waals surface area contributed by atoms with Gasteiger partial charge in [0.15, 0.2) is 0 Å². The summed E-state index contributed by atoms with van der Waals surface area (Å²) in [6, 6.07) is 5.76. The summed E-state index contributed by atoms with van der Waals surface area (Å²) in [6.07, 6.45) is 1.55. The van der Waals surface area contributed by atoms with Gasteiger partial charge in [-0.3, -0.25) is 0 Å². The lowest BCUT2D eigenvalue weighted by Crippen LogP contribution is -1.97. The molecule has 0 saturated carbocycles. The number of benzene rings is 1. The number of hydrogen-bond donors (Lipinski definition) is 1. The van der Waals surface area contributed by atoms with E-state index in [4.69, 9.17) is 9.47 Å². The molecule has 3 aromatic rings. The Morgan fingerprint density at radius 2 is 1.86 bits per heavy atom. The Labute approximate surface area is 134 Å². The van der Waals surface area contributed by atoms with Crippen LogP contribution in [0.3, 0.4) is 0 Å². The van der Waals surface area contributed by atoms with Gasteiger partial charge in [0.2, 0.25) is 0 Å². The first-order chi connectivity index (χ1) is 10.2. The van der Waals surface area contributed by atoms with Gasteiger partial charge in [-0.1, -0.05) is 0 Å². The van der Waals surface area contributed by atoms with E-state index in [0.29, 0.717) is 11.5 Å². The number of thiophene rings is 1. The third-order valence-electron chi connectivity index (χ3n) is 2.97. The molecule has 7 heteroatoms. The molecule has 0 atom stereocenters. The van der Waals surface area contributed by atoms with Gasteiger partial charge in [0.1, 0.15) is 32.9 Å². The van der Waals surface area contributed by atoms with E-state index in [1.54, 1.807) is 31.9 Å². The molecule has 0 amide bonds. The van der Waals surface area contributed by atoms with Gasteiger partial charge in [0.05, 0.1) is 19.6 Å². The van der Waals surface area contributed by atoms with Crippen molar-refractivity contribution in [2.75, 3.05) is 19.5 Å². The fourth-order valence-corrected chi connectivity index (χ4v) is 3.25. The topological polar surface area (TPSA) is 56.3 Å². The molecular formula is C14H12BrN3O2S. The van der Waals surface area contributed by atoms with Crippen molar-refractivity contribution >= 4 is 49.0 Å². The number of fused-ring (bicyclic) bond motifs is 1. The predicted octanol–water partition coefficient (Wildman–Crippen LogP) is 4.21. The summed E-state index contributed by atoms with van der Waals surface area (Å²) < 4.78 is 11.5. The molecule has 2 aromatic heterocycles. The van der Waals surface area contributed by atoms with Gasteiger partial charge in [-0.05, 0) is 27.4 Å². The highest BCUT2D eigenvalue weighted by molar-refractivity contribution is 9.10. The van der Waals surface area contributed by atoms with E-state index in [-0.39, 0.29) is 0 Å². The summed E-state index contributed by atoms with van der Waals surface area (Å²) in [6.45, 7) is 0. The van der Waals surface area contributed by atoms with Crippen LogP contribution in [0, 0.1) is 0 Å². The van der Waals surface area contributed by atoms with Crippen molar-refractivity contribution in [1.82, 2.24) is 9.97 Å². The number of halogens is 1. The Kier molecular flexibility index (Phi) is 3.94. The summed E-state index contributed by atoms with van der Waals surface area (Å²) in [4.78, 5) is 9.48. The van der Waals surface area contributed by atoms with Crippen LogP contribution >= 0.6 is 27.3 Å². The van der Waals surface area contributed by atoms with Gasteiger partial charge in [-0.25, -0.2) is 9.97 Å². The second kappa shape index (κ2) is 5.87. The fraction of sp³-hybridized carbons (Fsp3) is 0.143. The van der Waals surface area contributed by atoms with Crippen LogP contribution in [0.4, 0.5) is 11.5 Å². The van der Waals surface area contributed by atoms with Crippen molar-refractivity contribution in [3.8, 4) is 11.5 Å². The van der Waals surface area contributed by atoms with Crippen molar-refractivity contribution in [3.63, 3.8) is 0 Å². The van der Waals surface area contributed by atoms with Gasteiger partial charge in [0.25, 0.3) is 0 Å². The van der Waals surface area contributed by atoms with Crippen molar-refractivity contribution in [3.05, 3.63) is 34.4 Å². The third kappa shape index (κ3) is 2.66. The minimum atomic E-state index is 0.687. The van der Waals surface area contributed by atoms with Crippen LogP contribution in [0.1, 0.15) is 0 Å². The third-order valence-corrected chi connectivity index (χ3v) is 4.57. The first-order valence-corrected chi connectivity index (χ1v) is 7.77. The Balaban J connectivity index is 2.03. The zero-order valence-corrected chi connectivity index (χ0v) is 13.8. The smallest absolute Gasteiger partial charge is 0.142 e. The Morgan fingerprint density at radius 1 is 1.14 bits per heavy atom. The average molecular weight is 366 g/mol. The lowest BCUT2D eigenvalue weighted by Gasteiger charge is -2.13. The molecule has 2 heterocycles. The van der Waals surface area contributed by atoms with Crippen molar-refractivity contribution in [1.29, 1.82) is 0 Å². The molecule has 1 N–H and O–H groups in total. The van der Waals surface area contributed by atoms with E-state index in [1.165, 1.54) is 0 Å². The molecule has 0 aliphatic rings. The molecule has 0 bridgehead atoms. The number of methoxy groups -OCH3 is 2. The monoisotopic (exact) mass is 365 g/mol. The molecule has 0 spiro atoms. The molecule has 0 unspecified atom stereocenters. The molecule has 0 saturated heterocycles. The largest absolute Gasteiger partial charge is 0.495 e. The highest BCUT2D eigenvalue weighted by Crippen LogP contribution is 2.38. The molecular weight excluding hydrogens is 354 g/mol. The van der Waals surface area contributed by atoms with Crippen LogP contribution in [-0.4, -0.2) is 24.2 Å². The quantitative estimate of drug-likeness (QED) is 0.750. The molecule has 5 nitrogen and oxygen atoms in total. The fourth-order valence-electron chi connectivity index (χ4n) is 1.97. The van der Waals surface area contributed by atoms with Gasteiger partial charge in [-0.15, -0.1) is 11.3 Å². The number of nitrogens with one attached hydrogen (secondary N) is 1. The molecule has 21 heavy (non-hydrogen) atoms. The van der Waals surface area contributed by atoms with Crippen molar-refractivity contribution in [2.45, 2.75) is 0 Å². The van der Waals surface area contributed by atoms with E-state index >= 15 is 0 Å². The van der Waals surface area contributed by atoms with E-state index in [2.05, 4.69) is 31.2 Å². The van der Waals surface area contributed by atoms with E-state index in [0.717, 1.165) is 26.2 Å². The molecule has 0 aliphatic heterocycles. The first-order valence-electron chi connectivity index (χ1n) is 6.09. The molecule has 1 aromatic carbocycles. The summed E-state index contributed by atoms with van der Waals surface area (Å²) >= 11 is 5.03. The molecule has 0 fully saturated rings. The number of aromatic nitrogens is 2. The summed E-state index contributed by atoms with van der Waals surface area (Å²) in [7, 11) is 3.23. The highest BCUT2D eigenvalue weighted by atomic mass is 79.9. The van der Waals surface area contributed by atoms with Crippen molar-refractivity contribution in [2.24, 2.45) is 0 Å². The number of hydrogen-bond acceptors (Lipinski definition) is 6. The van der Waals surface area contributed by atoms with Gasteiger partial charge >= 0.3 is 0 Å².